The summed E-state index contributed by atoms with van der Waals surface area (Å²) >= 11 is 1.62. The van der Waals surface area contributed by atoms with E-state index in [9.17, 15) is 4.79 Å². The molecule has 90 valence electrons. The number of hydrogen-bond donors (Lipinski definition) is 1. The van der Waals surface area contributed by atoms with Crippen LogP contribution in [0.4, 0.5) is 0 Å². The van der Waals surface area contributed by atoms with Crippen LogP contribution in [0.2, 0.25) is 0 Å². The van der Waals surface area contributed by atoms with E-state index in [1.54, 1.807) is 11.3 Å². The average Bonchev–Trinajstić information content (AvgIpc) is 2.76. The van der Waals surface area contributed by atoms with Crippen LogP contribution >= 0.6 is 11.3 Å². The number of rotatable bonds is 1. The Kier molecular flexibility index (Phi) is 2.06. The average molecular weight is 248 g/mol. The highest BCUT2D eigenvalue weighted by Crippen LogP contribution is 2.57. The fraction of sp³-hybridized carbons (Fsp3) is 0.538. The Hall–Kier alpha value is -1.16. The first-order valence-corrected chi connectivity index (χ1v) is 6.72. The quantitative estimate of drug-likeness (QED) is 0.842. The van der Waals surface area contributed by atoms with Crippen molar-refractivity contribution in [3.05, 3.63) is 26.6 Å². The Balaban J connectivity index is 2.22. The highest BCUT2D eigenvalue weighted by Gasteiger charge is 2.48. The van der Waals surface area contributed by atoms with Crippen molar-refractivity contribution in [1.82, 2.24) is 9.97 Å². The van der Waals surface area contributed by atoms with Crippen molar-refractivity contribution >= 4 is 21.6 Å². The molecular formula is C13H16N2OS. The summed E-state index contributed by atoms with van der Waals surface area (Å²) in [6.07, 6.45) is 1.12. The fourth-order valence-corrected chi connectivity index (χ4v) is 3.41. The van der Waals surface area contributed by atoms with Crippen LogP contribution in [0.1, 0.15) is 42.5 Å². The van der Waals surface area contributed by atoms with Crippen molar-refractivity contribution in [2.45, 2.75) is 40.0 Å². The minimum atomic E-state index is 0.0227. The maximum atomic E-state index is 12.1. The molecule has 3 nitrogen and oxygen atoms in total. The van der Waals surface area contributed by atoms with E-state index in [0.29, 0.717) is 11.3 Å². The Morgan fingerprint density at radius 1 is 1.41 bits per heavy atom. The standard InChI is InChI=1S/C13H16N2OS/c1-6-7(2)17-12-9(6)11(16)14-10(15-12)8-5-13(8,3)4/h8H,5H2,1-4H3,(H,14,15,16). The molecule has 2 aromatic rings. The number of H-pyrrole nitrogens is 1. The maximum absolute atomic E-state index is 12.1. The molecule has 1 aliphatic carbocycles. The topological polar surface area (TPSA) is 45.8 Å². The Labute approximate surface area is 104 Å². The number of aromatic nitrogens is 2. The molecule has 2 aromatic heterocycles. The summed E-state index contributed by atoms with van der Waals surface area (Å²) in [6.45, 7) is 8.47. The number of aryl methyl sites for hydroxylation is 2. The lowest BCUT2D eigenvalue weighted by atomic mass is 10.1. The summed E-state index contributed by atoms with van der Waals surface area (Å²) in [7, 11) is 0. The predicted molar refractivity (Wildman–Crippen MR) is 70.9 cm³/mol. The lowest BCUT2D eigenvalue weighted by molar-refractivity contribution is 0.609. The molecule has 0 amide bonds. The van der Waals surface area contributed by atoms with Gasteiger partial charge in [-0.15, -0.1) is 11.3 Å². The highest BCUT2D eigenvalue weighted by molar-refractivity contribution is 7.18. The van der Waals surface area contributed by atoms with E-state index in [1.165, 1.54) is 4.88 Å². The molecule has 0 aromatic carbocycles. The predicted octanol–water partition coefficient (Wildman–Crippen LogP) is 3.11. The largest absolute Gasteiger partial charge is 0.310 e. The van der Waals surface area contributed by atoms with E-state index < -0.39 is 0 Å². The van der Waals surface area contributed by atoms with Gasteiger partial charge in [0.05, 0.1) is 5.39 Å². The lowest BCUT2D eigenvalue weighted by Gasteiger charge is -2.02. The summed E-state index contributed by atoms with van der Waals surface area (Å²) in [6, 6.07) is 0. The van der Waals surface area contributed by atoms with Gasteiger partial charge in [0, 0.05) is 10.8 Å². The number of nitrogens with zero attached hydrogens (tertiary/aromatic N) is 1. The molecule has 3 rings (SSSR count). The van der Waals surface area contributed by atoms with Gasteiger partial charge in [0.15, 0.2) is 0 Å². The van der Waals surface area contributed by atoms with Gasteiger partial charge in [-0.1, -0.05) is 13.8 Å². The van der Waals surface area contributed by atoms with E-state index in [2.05, 4.69) is 23.8 Å². The summed E-state index contributed by atoms with van der Waals surface area (Å²) < 4.78 is 0. The van der Waals surface area contributed by atoms with Gasteiger partial charge in [0.1, 0.15) is 10.7 Å². The molecule has 0 aliphatic heterocycles. The number of thiophene rings is 1. The van der Waals surface area contributed by atoms with E-state index in [1.807, 2.05) is 13.8 Å². The number of hydrogen-bond acceptors (Lipinski definition) is 3. The minimum Gasteiger partial charge on any atom is -0.310 e. The van der Waals surface area contributed by atoms with E-state index >= 15 is 0 Å². The van der Waals surface area contributed by atoms with Gasteiger partial charge < -0.3 is 4.98 Å². The van der Waals surface area contributed by atoms with Crippen molar-refractivity contribution < 1.29 is 0 Å². The van der Waals surface area contributed by atoms with Gasteiger partial charge in [-0.05, 0) is 31.2 Å². The molecule has 2 heterocycles. The van der Waals surface area contributed by atoms with E-state index in [-0.39, 0.29) is 5.56 Å². The number of aromatic amines is 1. The van der Waals surface area contributed by atoms with Crippen LogP contribution in [0.3, 0.4) is 0 Å². The molecule has 0 radical (unpaired) electrons. The molecule has 17 heavy (non-hydrogen) atoms. The first-order chi connectivity index (χ1) is 7.90. The van der Waals surface area contributed by atoms with E-state index in [4.69, 9.17) is 0 Å². The minimum absolute atomic E-state index is 0.0227. The molecule has 0 bridgehead atoms. The fourth-order valence-electron chi connectivity index (χ4n) is 2.37. The summed E-state index contributed by atoms with van der Waals surface area (Å²) in [4.78, 5) is 21.8. The van der Waals surface area contributed by atoms with Crippen LogP contribution in [0.25, 0.3) is 10.2 Å². The third kappa shape index (κ3) is 1.54. The molecule has 1 atom stereocenters. The SMILES string of the molecule is Cc1sc2nc(C3CC3(C)C)[nH]c(=O)c2c1C. The molecule has 1 N–H and O–H groups in total. The summed E-state index contributed by atoms with van der Waals surface area (Å²) in [5.41, 5.74) is 1.39. The Morgan fingerprint density at radius 3 is 2.65 bits per heavy atom. The van der Waals surface area contributed by atoms with Gasteiger partial charge in [0.2, 0.25) is 0 Å². The summed E-state index contributed by atoms with van der Waals surface area (Å²) in [5.74, 6) is 1.29. The van der Waals surface area contributed by atoms with Crippen LogP contribution in [0, 0.1) is 19.3 Å². The molecule has 1 saturated carbocycles. The van der Waals surface area contributed by atoms with Crippen LogP contribution in [0.5, 0.6) is 0 Å². The van der Waals surface area contributed by atoms with Crippen LogP contribution in [0.15, 0.2) is 4.79 Å². The van der Waals surface area contributed by atoms with Crippen molar-refractivity contribution in [2.75, 3.05) is 0 Å². The summed E-state index contributed by atoms with van der Waals surface area (Å²) in [5, 5.41) is 0.773. The van der Waals surface area contributed by atoms with Crippen molar-refractivity contribution in [1.29, 1.82) is 0 Å². The van der Waals surface area contributed by atoms with Crippen molar-refractivity contribution in [3.8, 4) is 0 Å². The van der Waals surface area contributed by atoms with Crippen molar-refractivity contribution in [3.63, 3.8) is 0 Å². The van der Waals surface area contributed by atoms with Crippen LogP contribution < -0.4 is 5.56 Å². The molecular weight excluding hydrogens is 232 g/mol. The van der Waals surface area contributed by atoms with Gasteiger partial charge >= 0.3 is 0 Å². The second-order valence-corrected chi connectivity index (χ2v) is 6.86. The monoisotopic (exact) mass is 248 g/mol. The first-order valence-electron chi connectivity index (χ1n) is 5.90. The second kappa shape index (κ2) is 3.19. The lowest BCUT2D eigenvalue weighted by Crippen LogP contribution is -2.11. The zero-order valence-electron chi connectivity index (χ0n) is 10.5. The Bertz CT molecular complexity index is 666. The number of nitrogens with one attached hydrogen (secondary N) is 1. The first kappa shape index (κ1) is 11.0. The third-order valence-electron chi connectivity index (χ3n) is 3.90. The third-order valence-corrected chi connectivity index (χ3v) is 5.00. The van der Waals surface area contributed by atoms with E-state index in [0.717, 1.165) is 28.0 Å². The smallest absolute Gasteiger partial charge is 0.259 e. The normalized spacial score (nSPS) is 22.0. The van der Waals surface area contributed by atoms with Crippen LogP contribution in [-0.2, 0) is 0 Å². The highest BCUT2D eigenvalue weighted by atomic mass is 32.1. The Morgan fingerprint density at radius 2 is 2.06 bits per heavy atom. The molecule has 1 unspecified atom stereocenters. The zero-order valence-corrected chi connectivity index (χ0v) is 11.4. The van der Waals surface area contributed by atoms with Gasteiger partial charge in [0.25, 0.3) is 5.56 Å². The number of fused-ring (bicyclic) bond motifs is 1. The zero-order chi connectivity index (χ0) is 12.4. The maximum Gasteiger partial charge on any atom is 0.259 e. The van der Waals surface area contributed by atoms with Gasteiger partial charge in [-0.25, -0.2) is 4.98 Å². The van der Waals surface area contributed by atoms with Crippen LogP contribution in [-0.4, -0.2) is 9.97 Å². The van der Waals surface area contributed by atoms with Gasteiger partial charge in [-0.3, -0.25) is 4.79 Å². The molecule has 1 fully saturated rings. The molecule has 0 spiro atoms. The van der Waals surface area contributed by atoms with Gasteiger partial charge in [-0.2, -0.15) is 0 Å². The molecule has 1 aliphatic rings. The molecule has 0 saturated heterocycles. The molecule has 4 heteroatoms. The second-order valence-electron chi connectivity index (χ2n) is 5.66. The van der Waals surface area contributed by atoms with Crippen molar-refractivity contribution in [2.24, 2.45) is 5.41 Å².